The predicted molar refractivity (Wildman–Crippen MR) is 135 cm³/mol. The summed E-state index contributed by atoms with van der Waals surface area (Å²) in [6.07, 6.45) is 4.26. The van der Waals surface area contributed by atoms with Crippen LogP contribution in [0.5, 0.6) is 0 Å². The minimum absolute atomic E-state index is 0.00333. The quantitative estimate of drug-likeness (QED) is 0.330. The Morgan fingerprint density at radius 2 is 2.00 bits per heavy atom. The van der Waals surface area contributed by atoms with E-state index in [-0.39, 0.29) is 23.3 Å². The number of ether oxygens (including phenoxy) is 1. The Labute approximate surface area is 203 Å². The van der Waals surface area contributed by atoms with Crippen molar-refractivity contribution < 1.29 is 9.53 Å². The third-order valence-corrected chi connectivity index (χ3v) is 8.17. The molecule has 0 bridgehead atoms. The fourth-order valence-corrected chi connectivity index (χ4v) is 6.47. The second-order valence-electron chi connectivity index (χ2n) is 8.62. The molecule has 0 atom stereocenters. The summed E-state index contributed by atoms with van der Waals surface area (Å²) < 4.78 is 6.95. The molecule has 0 unspecified atom stereocenters. The number of methoxy groups -OCH3 is 1. The van der Waals surface area contributed by atoms with E-state index >= 15 is 0 Å². The number of thiophene rings is 1. The van der Waals surface area contributed by atoms with Crippen LogP contribution in [0.1, 0.15) is 42.7 Å². The van der Waals surface area contributed by atoms with E-state index in [1.807, 2.05) is 49.1 Å². The summed E-state index contributed by atoms with van der Waals surface area (Å²) >= 11 is 2.99. The molecule has 8 heteroatoms. The number of fused-ring (bicyclic) bond motifs is 3. The van der Waals surface area contributed by atoms with Crippen LogP contribution in [0.3, 0.4) is 0 Å². The lowest BCUT2D eigenvalue weighted by molar-refractivity contribution is -0.130. The Balaban J connectivity index is 1.60. The van der Waals surface area contributed by atoms with Crippen molar-refractivity contribution in [2.75, 3.05) is 19.5 Å². The van der Waals surface area contributed by atoms with Crippen LogP contribution in [0.4, 0.5) is 0 Å². The lowest BCUT2D eigenvalue weighted by Gasteiger charge is -2.27. The van der Waals surface area contributed by atoms with Crippen molar-refractivity contribution in [3.63, 3.8) is 0 Å². The number of hydrogen-bond donors (Lipinski definition) is 0. The number of aromatic nitrogens is 2. The normalized spacial score (nSPS) is 13.5. The average Bonchev–Trinajstić information content (AvgIpc) is 3.19. The molecule has 2 heterocycles. The molecule has 0 spiro atoms. The number of carbonyl (C=O) groups is 1. The SMILES string of the molecule is COCCn1c(SCC(=O)N(Cc2ccccc2)C(C)C)nc2sc3c(c2c1=O)CCCC3. The second kappa shape index (κ2) is 10.8. The van der Waals surface area contributed by atoms with Crippen LogP contribution in [-0.4, -0.2) is 45.9 Å². The van der Waals surface area contributed by atoms with E-state index < -0.39 is 0 Å². The Morgan fingerprint density at radius 1 is 1.24 bits per heavy atom. The molecule has 6 nitrogen and oxygen atoms in total. The number of rotatable bonds is 9. The van der Waals surface area contributed by atoms with Crippen molar-refractivity contribution >= 4 is 39.2 Å². The maximum Gasteiger partial charge on any atom is 0.263 e. The topological polar surface area (TPSA) is 64.4 Å². The van der Waals surface area contributed by atoms with Crippen LogP contribution in [0, 0.1) is 0 Å². The molecule has 0 aliphatic heterocycles. The number of carbonyl (C=O) groups excluding carboxylic acids is 1. The summed E-state index contributed by atoms with van der Waals surface area (Å²) in [4.78, 5) is 35.5. The third kappa shape index (κ3) is 5.34. The van der Waals surface area contributed by atoms with Crippen molar-refractivity contribution in [3.8, 4) is 0 Å². The number of nitrogens with zero attached hydrogens (tertiary/aromatic N) is 3. The third-order valence-electron chi connectivity index (χ3n) is 6.02. The fourth-order valence-electron chi connectivity index (χ4n) is 4.26. The summed E-state index contributed by atoms with van der Waals surface area (Å²) in [5, 5.41) is 1.37. The molecular weight excluding hydrogens is 454 g/mol. The van der Waals surface area contributed by atoms with Gasteiger partial charge in [-0.3, -0.25) is 14.2 Å². The molecule has 1 aromatic carbocycles. The second-order valence-corrected chi connectivity index (χ2v) is 10.7. The highest BCUT2D eigenvalue weighted by Gasteiger charge is 2.24. The zero-order valence-corrected chi connectivity index (χ0v) is 21.1. The zero-order chi connectivity index (χ0) is 23.4. The summed E-state index contributed by atoms with van der Waals surface area (Å²) in [6, 6.07) is 10.1. The Kier molecular flexibility index (Phi) is 7.88. The molecule has 1 aliphatic carbocycles. The van der Waals surface area contributed by atoms with Crippen molar-refractivity contribution in [1.82, 2.24) is 14.5 Å². The van der Waals surface area contributed by atoms with Gasteiger partial charge in [0.1, 0.15) is 4.83 Å². The van der Waals surface area contributed by atoms with Gasteiger partial charge < -0.3 is 9.64 Å². The van der Waals surface area contributed by atoms with Gasteiger partial charge in [0.2, 0.25) is 5.91 Å². The number of thioether (sulfide) groups is 1. The van der Waals surface area contributed by atoms with Crippen molar-refractivity contribution in [2.45, 2.75) is 63.8 Å². The van der Waals surface area contributed by atoms with E-state index in [1.54, 1.807) is 23.0 Å². The van der Waals surface area contributed by atoms with Gasteiger partial charge in [-0.05, 0) is 50.7 Å². The van der Waals surface area contributed by atoms with Gasteiger partial charge in [0, 0.05) is 24.6 Å². The van der Waals surface area contributed by atoms with E-state index in [0.717, 1.165) is 35.0 Å². The Bertz CT molecular complexity index is 1170. The van der Waals surface area contributed by atoms with Crippen LogP contribution < -0.4 is 5.56 Å². The highest BCUT2D eigenvalue weighted by atomic mass is 32.2. The smallest absolute Gasteiger partial charge is 0.263 e. The van der Waals surface area contributed by atoms with E-state index in [4.69, 9.17) is 9.72 Å². The molecule has 4 rings (SSSR count). The molecular formula is C25H31N3O3S2. The van der Waals surface area contributed by atoms with E-state index in [0.29, 0.717) is 24.9 Å². The van der Waals surface area contributed by atoms with Crippen molar-refractivity contribution in [3.05, 3.63) is 56.7 Å². The van der Waals surface area contributed by atoms with Gasteiger partial charge in [-0.15, -0.1) is 11.3 Å². The highest BCUT2D eigenvalue weighted by Crippen LogP contribution is 2.34. The molecule has 3 aromatic rings. The highest BCUT2D eigenvalue weighted by molar-refractivity contribution is 7.99. The minimum Gasteiger partial charge on any atom is -0.383 e. The molecule has 176 valence electrons. The first-order valence-corrected chi connectivity index (χ1v) is 13.3. The van der Waals surface area contributed by atoms with Crippen LogP contribution in [0.25, 0.3) is 10.2 Å². The van der Waals surface area contributed by atoms with E-state index in [9.17, 15) is 9.59 Å². The largest absolute Gasteiger partial charge is 0.383 e. The lowest BCUT2D eigenvalue weighted by atomic mass is 9.97. The molecule has 1 amide bonds. The molecule has 0 N–H and O–H groups in total. The monoisotopic (exact) mass is 485 g/mol. The molecule has 33 heavy (non-hydrogen) atoms. The molecule has 0 saturated carbocycles. The molecule has 2 aromatic heterocycles. The van der Waals surface area contributed by atoms with Gasteiger partial charge in [0.15, 0.2) is 5.16 Å². The molecule has 0 fully saturated rings. The average molecular weight is 486 g/mol. The van der Waals surface area contributed by atoms with Crippen LogP contribution in [0.2, 0.25) is 0 Å². The summed E-state index contributed by atoms with van der Waals surface area (Å²) in [6.45, 7) is 5.48. The zero-order valence-electron chi connectivity index (χ0n) is 19.5. The maximum absolute atomic E-state index is 13.5. The summed E-state index contributed by atoms with van der Waals surface area (Å²) in [7, 11) is 1.63. The van der Waals surface area contributed by atoms with Crippen molar-refractivity contribution in [2.24, 2.45) is 0 Å². The minimum atomic E-state index is -0.00333. The van der Waals surface area contributed by atoms with Crippen LogP contribution in [-0.2, 0) is 35.5 Å². The summed E-state index contributed by atoms with van der Waals surface area (Å²) in [5.41, 5.74) is 2.29. The van der Waals surface area contributed by atoms with Gasteiger partial charge in [0.05, 0.1) is 24.3 Å². The first kappa shape index (κ1) is 24.0. The summed E-state index contributed by atoms with van der Waals surface area (Å²) in [5.74, 6) is 0.276. The standard InChI is InChI=1S/C25H31N3O3S2/c1-17(2)28(15-18-9-5-4-6-10-18)21(29)16-32-25-26-23-22(24(30)27(25)13-14-31-3)19-11-7-8-12-20(19)33-23/h4-6,9-10,17H,7-8,11-16H2,1-3H3. The molecule has 1 aliphatic rings. The van der Waals surface area contributed by atoms with Crippen LogP contribution >= 0.6 is 23.1 Å². The van der Waals surface area contributed by atoms with E-state index in [1.165, 1.54) is 28.6 Å². The van der Waals surface area contributed by atoms with Crippen molar-refractivity contribution in [1.29, 1.82) is 0 Å². The molecule has 0 saturated heterocycles. The molecule has 0 radical (unpaired) electrons. The number of aryl methyl sites for hydroxylation is 2. The number of hydrogen-bond acceptors (Lipinski definition) is 6. The first-order valence-electron chi connectivity index (χ1n) is 11.5. The van der Waals surface area contributed by atoms with Crippen LogP contribution in [0.15, 0.2) is 40.3 Å². The Hall–Kier alpha value is -2.16. The predicted octanol–water partition coefficient (Wildman–Crippen LogP) is 4.51. The van der Waals surface area contributed by atoms with Gasteiger partial charge in [-0.1, -0.05) is 42.1 Å². The van der Waals surface area contributed by atoms with Gasteiger partial charge in [0.25, 0.3) is 5.56 Å². The number of benzene rings is 1. The van der Waals surface area contributed by atoms with Gasteiger partial charge in [-0.25, -0.2) is 4.98 Å². The Morgan fingerprint density at radius 3 is 2.73 bits per heavy atom. The first-order chi connectivity index (χ1) is 16.0. The lowest BCUT2D eigenvalue weighted by Crippen LogP contribution is -2.37. The maximum atomic E-state index is 13.5. The number of amides is 1. The van der Waals surface area contributed by atoms with Gasteiger partial charge >= 0.3 is 0 Å². The van der Waals surface area contributed by atoms with Gasteiger partial charge in [-0.2, -0.15) is 0 Å². The fraction of sp³-hybridized carbons (Fsp3) is 0.480. The van der Waals surface area contributed by atoms with E-state index in [2.05, 4.69) is 0 Å².